The van der Waals surface area contributed by atoms with Gasteiger partial charge in [0.25, 0.3) is 0 Å². The second kappa shape index (κ2) is 4.86. The van der Waals surface area contributed by atoms with E-state index in [0.717, 1.165) is 11.3 Å². The summed E-state index contributed by atoms with van der Waals surface area (Å²) in [6.45, 7) is 1.70. The Kier molecular flexibility index (Phi) is 3.17. The molecule has 7 nitrogen and oxygen atoms in total. The lowest BCUT2D eigenvalue weighted by Crippen LogP contribution is -2.27. The molecule has 0 spiro atoms. The number of aliphatic hydroxyl groups is 1. The van der Waals surface area contributed by atoms with Crippen LogP contribution in [0.25, 0.3) is 10.3 Å². The highest BCUT2D eigenvalue weighted by molar-refractivity contribution is 7.16. The third-order valence-electron chi connectivity index (χ3n) is 3.03. The largest absolute Gasteiger partial charge is 0.388 e. The van der Waals surface area contributed by atoms with Gasteiger partial charge in [-0.3, -0.25) is 9.36 Å². The van der Waals surface area contributed by atoms with Crippen LogP contribution in [0.2, 0.25) is 0 Å². The molecule has 20 heavy (non-hydrogen) atoms. The van der Waals surface area contributed by atoms with E-state index in [9.17, 15) is 9.90 Å². The molecule has 0 amide bonds. The van der Waals surface area contributed by atoms with Gasteiger partial charge in [0.15, 0.2) is 11.9 Å². The number of nitrogens with two attached hydrogens (primary N) is 1. The van der Waals surface area contributed by atoms with Gasteiger partial charge in [-0.1, -0.05) is 17.3 Å². The minimum atomic E-state index is -0.812. The van der Waals surface area contributed by atoms with Crippen LogP contribution in [0.1, 0.15) is 19.6 Å². The number of ether oxygens (including phenoxy) is 1. The van der Waals surface area contributed by atoms with Gasteiger partial charge in [-0.15, -0.1) is 5.92 Å². The molecular weight excluding hydrogens is 280 g/mol. The molecule has 0 aliphatic carbocycles. The van der Waals surface area contributed by atoms with Crippen LogP contribution in [0, 0.1) is 11.8 Å². The molecule has 1 aliphatic heterocycles. The van der Waals surface area contributed by atoms with E-state index in [1.54, 1.807) is 6.92 Å². The minimum Gasteiger partial charge on any atom is -0.388 e. The molecule has 3 N–H and O–H groups in total. The lowest BCUT2D eigenvalue weighted by molar-refractivity contribution is -0.0216. The van der Waals surface area contributed by atoms with Crippen molar-refractivity contribution in [2.45, 2.75) is 31.8 Å². The maximum atomic E-state index is 12.1. The zero-order valence-electron chi connectivity index (χ0n) is 10.6. The molecule has 104 valence electrons. The Labute approximate surface area is 118 Å². The Balaban J connectivity index is 2.09. The van der Waals surface area contributed by atoms with E-state index in [-0.39, 0.29) is 16.9 Å². The van der Waals surface area contributed by atoms with Gasteiger partial charge in [-0.2, -0.15) is 4.98 Å². The minimum absolute atomic E-state index is 0.0708. The quantitative estimate of drug-likeness (QED) is 0.723. The Morgan fingerprint density at radius 3 is 3.20 bits per heavy atom. The number of rotatable bonds is 1. The standard InChI is InChI=1S/C12H12N4O3S/c1-2-3-6-4-7(17)10(19-6)16-9-8(20-12(16)18)5-14-11(13)15-9/h5-7,10,17H,4H2,1H3,(H2,13,14,15)/t6-,7-,10-/m1/s1. The molecule has 1 fully saturated rings. The Morgan fingerprint density at radius 1 is 1.65 bits per heavy atom. The number of aliphatic hydroxyl groups excluding tert-OH is 1. The molecule has 2 aromatic heterocycles. The second-order valence-electron chi connectivity index (χ2n) is 4.37. The average molecular weight is 292 g/mol. The zero-order chi connectivity index (χ0) is 14.3. The van der Waals surface area contributed by atoms with Crippen LogP contribution in [-0.4, -0.2) is 31.8 Å². The van der Waals surface area contributed by atoms with Crippen LogP contribution in [0.5, 0.6) is 0 Å². The highest BCUT2D eigenvalue weighted by Gasteiger charge is 2.36. The van der Waals surface area contributed by atoms with Gasteiger partial charge in [0.2, 0.25) is 5.95 Å². The van der Waals surface area contributed by atoms with Crippen molar-refractivity contribution in [3.05, 3.63) is 15.9 Å². The molecule has 2 aromatic rings. The topological polar surface area (TPSA) is 103 Å². The van der Waals surface area contributed by atoms with E-state index in [4.69, 9.17) is 10.5 Å². The van der Waals surface area contributed by atoms with Gasteiger partial charge in [0, 0.05) is 6.42 Å². The van der Waals surface area contributed by atoms with Crippen LogP contribution in [-0.2, 0) is 4.74 Å². The third-order valence-corrected chi connectivity index (χ3v) is 3.90. The number of thiazole rings is 1. The first kappa shape index (κ1) is 13.1. The van der Waals surface area contributed by atoms with Gasteiger partial charge in [0.05, 0.1) is 10.9 Å². The summed E-state index contributed by atoms with van der Waals surface area (Å²) in [5.74, 6) is 5.66. The van der Waals surface area contributed by atoms with Gasteiger partial charge >= 0.3 is 4.87 Å². The third kappa shape index (κ3) is 2.06. The molecule has 1 saturated heterocycles. The average Bonchev–Trinajstić information content (AvgIpc) is 2.89. The maximum absolute atomic E-state index is 12.1. The smallest absolute Gasteiger partial charge is 0.311 e. The Morgan fingerprint density at radius 2 is 2.45 bits per heavy atom. The normalized spacial score (nSPS) is 25.6. The number of hydrogen-bond acceptors (Lipinski definition) is 7. The number of hydrogen-bond donors (Lipinski definition) is 2. The molecule has 0 aromatic carbocycles. The first-order valence-electron chi connectivity index (χ1n) is 5.99. The molecule has 3 heterocycles. The molecule has 3 rings (SSSR count). The van der Waals surface area contributed by atoms with Gasteiger partial charge in [-0.05, 0) is 6.92 Å². The molecular formula is C12H12N4O3S. The number of anilines is 1. The van der Waals surface area contributed by atoms with Crippen molar-refractivity contribution in [3.8, 4) is 11.8 Å². The fourth-order valence-corrected chi connectivity index (χ4v) is 3.03. The van der Waals surface area contributed by atoms with E-state index in [1.165, 1.54) is 10.8 Å². The van der Waals surface area contributed by atoms with Crippen LogP contribution >= 0.6 is 11.3 Å². The summed E-state index contributed by atoms with van der Waals surface area (Å²) in [7, 11) is 0. The van der Waals surface area contributed by atoms with Crippen molar-refractivity contribution in [3.63, 3.8) is 0 Å². The van der Waals surface area contributed by atoms with E-state index in [0.29, 0.717) is 16.8 Å². The fourth-order valence-electron chi connectivity index (χ4n) is 2.21. The molecule has 0 radical (unpaired) electrons. The fraction of sp³-hybridized carbons (Fsp3) is 0.417. The van der Waals surface area contributed by atoms with E-state index >= 15 is 0 Å². The first-order valence-corrected chi connectivity index (χ1v) is 6.81. The van der Waals surface area contributed by atoms with Crippen molar-refractivity contribution < 1.29 is 9.84 Å². The van der Waals surface area contributed by atoms with E-state index < -0.39 is 12.3 Å². The molecule has 3 atom stereocenters. The van der Waals surface area contributed by atoms with Gasteiger partial charge in [-0.25, -0.2) is 4.98 Å². The number of nitrogens with zero attached hydrogens (tertiary/aromatic N) is 3. The van der Waals surface area contributed by atoms with Crippen molar-refractivity contribution in [1.82, 2.24) is 14.5 Å². The van der Waals surface area contributed by atoms with Crippen molar-refractivity contribution in [1.29, 1.82) is 0 Å². The van der Waals surface area contributed by atoms with Gasteiger partial charge < -0.3 is 15.6 Å². The van der Waals surface area contributed by atoms with Crippen LogP contribution in [0.15, 0.2) is 11.0 Å². The number of fused-ring (bicyclic) bond motifs is 1. The van der Waals surface area contributed by atoms with Crippen LogP contribution in [0.4, 0.5) is 5.95 Å². The lowest BCUT2D eigenvalue weighted by Gasteiger charge is -2.15. The summed E-state index contributed by atoms with van der Waals surface area (Å²) in [4.78, 5) is 19.7. The van der Waals surface area contributed by atoms with Crippen molar-refractivity contribution in [2.75, 3.05) is 5.73 Å². The predicted molar refractivity (Wildman–Crippen MR) is 74.1 cm³/mol. The lowest BCUT2D eigenvalue weighted by atomic mass is 10.2. The van der Waals surface area contributed by atoms with Crippen molar-refractivity contribution >= 4 is 27.6 Å². The molecule has 8 heteroatoms. The van der Waals surface area contributed by atoms with Crippen molar-refractivity contribution in [2.24, 2.45) is 0 Å². The van der Waals surface area contributed by atoms with E-state index in [2.05, 4.69) is 21.8 Å². The summed E-state index contributed by atoms with van der Waals surface area (Å²) in [5, 5.41) is 10.1. The Hall–Kier alpha value is -1.95. The summed E-state index contributed by atoms with van der Waals surface area (Å²) >= 11 is 0.991. The first-order chi connectivity index (χ1) is 9.60. The summed E-state index contributed by atoms with van der Waals surface area (Å²) < 4.78 is 7.55. The molecule has 0 saturated carbocycles. The molecule has 0 bridgehead atoms. The monoisotopic (exact) mass is 292 g/mol. The summed E-state index contributed by atoms with van der Waals surface area (Å²) in [5.41, 5.74) is 5.93. The predicted octanol–water partition coefficient (Wildman–Crippen LogP) is 0.107. The number of aromatic nitrogens is 3. The molecule has 1 aliphatic rings. The number of nitrogen functional groups attached to an aromatic ring is 1. The van der Waals surface area contributed by atoms with Crippen LogP contribution in [0.3, 0.4) is 0 Å². The second-order valence-corrected chi connectivity index (χ2v) is 5.36. The van der Waals surface area contributed by atoms with E-state index in [1.807, 2.05) is 0 Å². The maximum Gasteiger partial charge on any atom is 0.311 e. The summed E-state index contributed by atoms with van der Waals surface area (Å²) in [6.07, 6.45) is -0.147. The van der Waals surface area contributed by atoms with Gasteiger partial charge in [0.1, 0.15) is 12.2 Å². The Bertz CT molecular complexity index is 772. The highest BCUT2D eigenvalue weighted by atomic mass is 32.1. The molecule has 0 unspecified atom stereocenters. The SMILES string of the molecule is CC#C[C@@H]1C[C@@H](O)[C@H](n2c(=O)sc3cnc(N)nc32)O1. The zero-order valence-corrected chi connectivity index (χ0v) is 11.4. The summed E-state index contributed by atoms with van der Waals surface area (Å²) in [6, 6.07) is 0. The highest BCUT2D eigenvalue weighted by Crippen LogP contribution is 2.30. The van der Waals surface area contributed by atoms with Crippen LogP contribution < -0.4 is 10.6 Å².